The summed E-state index contributed by atoms with van der Waals surface area (Å²) in [7, 11) is 4.71. The molecule has 0 aliphatic rings. The number of hydrogen-bond acceptors (Lipinski definition) is 6. The first-order chi connectivity index (χ1) is 14.0. The second-order valence-electron chi connectivity index (χ2n) is 6.39. The van der Waals surface area contributed by atoms with E-state index in [1.807, 2.05) is 30.3 Å². The minimum Gasteiger partial charge on any atom is -0.497 e. The Bertz CT molecular complexity index is 819. The van der Waals surface area contributed by atoms with Crippen molar-refractivity contribution in [1.29, 1.82) is 0 Å². The zero-order chi connectivity index (χ0) is 21.2. The molecule has 0 aliphatic heterocycles. The zero-order valence-electron chi connectivity index (χ0n) is 17.2. The summed E-state index contributed by atoms with van der Waals surface area (Å²) in [5, 5.41) is 2.75. The third-order valence-corrected chi connectivity index (χ3v) is 4.37. The predicted octanol–water partition coefficient (Wildman–Crippen LogP) is 2.89. The quantitative estimate of drug-likeness (QED) is 0.617. The molecule has 2 rings (SSSR count). The van der Waals surface area contributed by atoms with Gasteiger partial charge >= 0.3 is 5.97 Å². The molecule has 0 heterocycles. The molecule has 0 saturated carbocycles. The molecule has 0 bridgehead atoms. The summed E-state index contributed by atoms with van der Waals surface area (Å²) < 4.78 is 20.8. The summed E-state index contributed by atoms with van der Waals surface area (Å²) in [4.78, 5) is 24.2. The van der Waals surface area contributed by atoms with Crippen molar-refractivity contribution < 1.29 is 28.5 Å². The highest BCUT2D eigenvalue weighted by molar-refractivity contribution is 5.83. The van der Waals surface area contributed by atoms with Crippen LogP contribution in [0.5, 0.6) is 17.2 Å². The van der Waals surface area contributed by atoms with Crippen molar-refractivity contribution in [1.82, 2.24) is 5.32 Å². The van der Waals surface area contributed by atoms with Crippen LogP contribution >= 0.6 is 0 Å². The standard InChI is InChI=1S/C22H27NO6/c1-15(29-21(24)12-8-16-5-9-18(26-2)10-6-16)22(25)23-14-17-7-11-19(27-3)20(13-17)28-4/h5-7,9-11,13,15H,8,12,14H2,1-4H3,(H,23,25)/t15-/m0/s1. The summed E-state index contributed by atoms with van der Waals surface area (Å²) >= 11 is 0. The lowest BCUT2D eigenvalue weighted by molar-refractivity contribution is -0.154. The Labute approximate surface area is 170 Å². The van der Waals surface area contributed by atoms with Gasteiger partial charge in [0.15, 0.2) is 17.6 Å². The number of rotatable bonds is 10. The molecule has 1 atom stereocenters. The molecule has 29 heavy (non-hydrogen) atoms. The van der Waals surface area contributed by atoms with Crippen molar-refractivity contribution in [2.75, 3.05) is 21.3 Å². The van der Waals surface area contributed by atoms with Crippen LogP contribution in [0.1, 0.15) is 24.5 Å². The summed E-state index contributed by atoms with van der Waals surface area (Å²) in [6, 6.07) is 12.8. The number of nitrogens with one attached hydrogen (secondary N) is 1. The number of esters is 1. The van der Waals surface area contributed by atoms with Crippen LogP contribution in [0.2, 0.25) is 0 Å². The maximum atomic E-state index is 12.2. The molecule has 0 saturated heterocycles. The molecule has 0 spiro atoms. The molecule has 1 amide bonds. The SMILES string of the molecule is COc1ccc(CCC(=O)O[C@@H](C)C(=O)NCc2ccc(OC)c(OC)c2)cc1. The number of aryl methyl sites for hydroxylation is 1. The van der Waals surface area contributed by atoms with Gasteiger partial charge in [0.1, 0.15) is 5.75 Å². The second kappa shape index (κ2) is 10.9. The normalized spacial score (nSPS) is 11.3. The van der Waals surface area contributed by atoms with E-state index in [0.29, 0.717) is 17.9 Å². The van der Waals surface area contributed by atoms with Crippen molar-refractivity contribution in [2.45, 2.75) is 32.4 Å². The van der Waals surface area contributed by atoms with Gasteiger partial charge in [-0.1, -0.05) is 18.2 Å². The maximum absolute atomic E-state index is 12.2. The molecule has 0 fully saturated rings. The first kappa shape index (κ1) is 22.1. The average Bonchev–Trinajstić information content (AvgIpc) is 2.75. The van der Waals surface area contributed by atoms with Crippen molar-refractivity contribution in [3.05, 3.63) is 53.6 Å². The minimum atomic E-state index is -0.876. The lowest BCUT2D eigenvalue weighted by atomic mass is 10.1. The molecule has 7 nitrogen and oxygen atoms in total. The summed E-state index contributed by atoms with van der Waals surface area (Å²) in [6.45, 7) is 1.84. The Morgan fingerprint density at radius 2 is 1.55 bits per heavy atom. The Hall–Kier alpha value is -3.22. The fourth-order valence-electron chi connectivity index (χ4n) is 2.67. The van der Waals surface area contributed by atoms with E-state index in [0.717, 1.165) is 16.9 Å². The van der Waals surface area contributed by atoms with Crippen LogP contribution in [0.25, 0.3) is 0 Å². The number of ether oxygens (including phenoxy) is 4. The molecule has 2 aromatic carbocycles. The van der Waals surface area contributed by atoms with E-state index in [2.05, 4.69) is 5.32 Å². The van der Waals surface area contributed by atoms with E-state index in [1.165, 1.54) is 0 Å². The molecule has 2 aromatic rings. The van der Waals surface area contributed by atoms with Gasteiger partial charge in [0.2, 0.25) is 0 Å². The first-order valence-corrected chi connectivity index (χ1v) is 9.27. The van der Waals surface area contributed by atoms with E-state index in [-0.39, 0.29) is 18.9 Å². The third-order valence-electron chi connectivity index (χ3n) is 4.37. The van der Waals surface area contributed by atoms with Crippen LogP contribution in [0.3, 0.4) is 0 Å². The number of amides is 1. The van der Waals surface area contributed by atoms with E-state index in [1.54, 1.807) is 40.4 Å². The monoisotopic (exact) mass is 401 g/mol. The Balaban J connectivity index is 1.78. The predicted molar refractivity (Wildman–Crippen MR) is 108 cm³/mol. The van der Waals surface area contributed by atoms with Crippen LogP contribution in [0.4, 0.5) is 0 Å². The first-order valence-electron chi connectivity index (χ1n) is 9.27. The minimum absolute atomic E-state index is 0.194. The van der Waals surface area contributed by atoms with Gasteiger partial charge in [-0.05, 0) is 48.7 Å². The van der Waals surface area contributed by atoms with Gasteiger partial charge in [0.25, 0.3) is 5.91 Å². The van der Waals surface area contributed by atoms with E-state index < -0.39 is 12.1 Å². The highest BCUT2D eigenvalue weighted by Gasteiger charge is 2.17. The van der Waals surface area contributed by atoms with Gasteiger partial charge in [-0.3, -0.25) is 9.59 Å². The summed E-state index contributed by atoms with van der Waals surface area (Å²) in [5.41, 5.74) is 1.84. The van der Waals surface area contributed by atoms with Crippen molar-refractivity contribution in [3.63, 3.8) is 0 Å². The highest BCUT2D eigenvalue weighted by Crippen LogP contribution is 2.27. The Morgan fingerprint density at radius 3 is 2.17 bits per heavy atom. The number of carbonyl (C=O) groups is 2. The Kier molecular flexibility index (Phi) is 8.33. The number of methoxy groups -OCH3 is 3. The summed E-state index contributed by atoms with van der Waals surface area (Å²) in [5.74, 6) is 1.17. The zero-order valence-corrected chi connectivity index (χ0v) is 17.2. The molecular formula is C22H27NO6. The maximum Gasteiger partial charge on any atom is 0.306 e. The van der Waals surface area contributed by atoms with Gasteiger partial charge in [0.05, 0.1) is 21.3 Å². The number of hydrogen-bond donors (Lipinski definition) is 1. The topological polar surface area (TPSA) is 83.1 Å². The van der Waals surface area contributed by atoms with Crippen LogP contribution in [-0.2, 0) is 27.3 Å². The van der Waals surface area contributed by atoms with Gasteiger partial charge in [-0.2, -0.15) is 0 Å². The van der Waals surface area contributed by atoms with Crippen LogP contribution in [0, 0.1) is 0 Å². The van der Waals surface area contributed by atoms with Crippen molar-refractivity contribution in [3.8, 4) is 17.2 Å². The fraction of sp³-hybridized carbons (Fsp3) is 0.364. The molecule has 156 valence electrons. The molecule has 7 heteroatoms. The van der Waals surface area contributed by atoms with E-state index in [9.17, 15) is 9.59 Å². The van der Waals surface area contributed by atoms with Crippen LogP contribution in [-0.4, -0.2) is 39.3 Å². The number of benzene rings is 2. The lowest BCUT2D eigenvalue weighted by Crippen LogP contribution is -2.35. The Morgan fingerprint density at radius 1 is 0.897 bits per heavy atom. The van der Waals surface area contributed by atoms with Gasteiger partial charge < -0.3 is 24.3 Å². The lowest BCUT2D eigenvalue weighted by Gasteiger charge is -2.14. The van der Waals surface area contributed by atoms with Crippen molar-refractivity contribution in [2.24, 2.45) is 0 Å². The second-order valence-corrected chi connectivity index (χ2v) is 6.39. The van der Waals surface area contributed by atoms with Gasteiger partial charge in [0, 0.05) is 13.0 Å². The summed E-state index contributed by atoms with van der Waals surface area (Å²) in [6.07, 6.45) is -0.152. The van der Waals surface area contributed by atoms with Crippen LogP contribution < -0.4 is 19.5 Å². The fourth-order valence-corrected chi connectivity index (χ4v) is 2.67. The van der Waals surface area contributed by atoms with Gasteiger partial charge in [-0.15, -0.1) is 0 Å². The average molecular weight is 401 g/mol. The van der Waals surface area contributed by atoms with Crippen LogP contribution in [0.15, 0.2) is 42.5 Å². The van der Waals surface area contributed by atoms with E-state index in [4.69, 9.17) is 18.9 Å². The third kappa shape index (κ3) is 6.71. The molecule has 0 aliphatic carbocycles. The molecular weight excluding hydrogens is 374 g/mol. The van der Waals surface area contributed by atoms with Crippen molar-refractivity contribution >= 4 is 11.9 Å². The molecule has 0 radical (unpaired) electrons. The molecule has 0 unspecified atom stereocenters. The molecule has 1 N–H and O–H groups in total. The smallest absolute Gasteiger partial charge is 0.306 e. The largest absolute Gasteiger partial charge is 0.497 e. The van der Waals surface area contributed by atoms with E-state index >= 15 is 0 Å². The molecule has 0 aromatic heterocycles. The highest BCUT2D eigenvalue weighted by atomic mass is 16.5. The van der Waals surface area contributed by atoms with Gasteiger partial charge in [-0.25, -0.2) is 0 Å². The number of carbonyl (C=O) groups excluding carboxylic acids is 2.